The molecular formula is C12H20N4O2. The predicted molar refractivity (Wildman–Crippen MR) is 68.8 cm³/mol. The molecule has 100 valence electrons. The lowest BCUT2D eigenvalue weighted by molar-refractivity contribution is -0.138. The molecule has 6 nitrogen and oxygen atoms in total. The molecule has 1 aromatic heterocycles. The molecule has 2 heterocycles. The van der Waals surface area contributed by atoms with E-state index in [9.17, 15) is 4.79 Å². The molecular weight excluding hydrogens is 232 g/mol. The second kappa shape index (κ2) is 5.86. The van der Waals surface area contributed by atoms with Crippen molar-refractivity contribution in [3.63, 3.8) is 0 Å². The molecule has 1 fully saturated rings. The second-order valence-electron chi connectivity index (χ2n) is 4.52. The van der Waals surface area contributed by atoms with Gasteiger partial charge in [0, 0.05) is 45.1 Å². The molecule has 0 amide bonds. The first kappa shape index (κ1) is 12.9. The lowest BCUT2D eigenvalue weighted by Gasteiger charge is -2.22. The van der Waals surface area contributed by atoms with Gasteiger partial charge in [-0.05, 0) is 13.3 Å². The van der Waals surface area contributed by atoms with Gasteiger partial charge in [0.15, 0.2) is 0 Å². The first-order chi connectivity index (χ1) is 8.70. The van der Waals surface area contributed by atoms with Gasteiger partial charge in [0.25, 0.3) is 0 Å². The van der Waals surface area contributed by atoms with E-state index in [1.807, 2.05) is 17.3 Å². The van der Waals surface area contributed by atoms with Crippen LogP contribution >= 0.6 is 0 Å². The maximum Gasteiger partial charge on any atom is 0.317 e. The standard InChI is InChI=1S/C12H20N4O2/c1-2-15-7-4-13-12(15)16-6-3-5-14(8-9-16)10-11(17)18/h4,7H,2-3,5-6,8-10H2,1H3,(H,17,18). The van der Waals surface area contributed by atoms with Crippen molar-refractivity contribution in [1.82, 2.24) is 14.5 Å². The smallest absolute Gasteiger partial charge is 0.317 e. The minimum absolute atomic E-state index is 0.135. The largest absolute Gasteiger partial charge is 0.480 e. The van der Waals surface area contributed by atoms with Gasteiger partial charge in [-0.1, -0.05) is 0 Å². The van der Waals surface area contributed by atoms with Crippen LogP contribution in [-0.4, -0.2) is 58.3 Å². The quantitative estimate of drug-likeness (QED) is 0.845. The number of rotatable bonds is 4. The Hall–Kier alpha value is -1.56. The normalized spacial score (nSPS) is 17.7. The molecule has 0 aromatic carbocycles. The summed E-state index contributed by atoms with van der Waals surface area (Å²) in [4.78, 5) is 19.3. The Balaban J connectivity index is 1.98. The fourth-order valence-electron chi connectivity index (χ4n) is 2.35. The predicted octanol–water partition coefficient (Wildman–Crippen LogP) is 0.500. The third-order valence-electron chi connectivity index (χ3n) is 3.26. The van der Waals surface area contributed by atoms with Gasteiger partial charge in [0.05, 0.1) is 6.54 Å². The van der Waals surface area contributed by atoms with Crippen molar-refractivity contribution < 1.29 is 9.90 Å². The summed E-state index contributed by atoms with van der Waals surface area (Å²) in [6, 6.07) is 0. The SMILES string of the molecule is CCn1ccnc1N1CCCN(CC(=O)O)CC1. The lowest BCUT2D eigenvalue weighted by Crippen LogP contribution is -2.34. The van der Waals surface area contributed by atoms with Gasteiger partial charge in [0.2, 0.25) is 5.95 Å². The number of nitrogens with zero attached hydrogens (tertiary/aromatic N) is 4. The van der Waals surface area contributed by atoms with E-state index in [1.165, 1.54) is 0 Å². The molecule has 18 heavy (non-hydrogen) atoms. The summed E-state index contributed by atoms with van der Waals surface area (Å²) in [5.74, 6) is 0.244. The van der Waals surface area contributed by atoms with E-state index in [4.69, 9.17) is 5.11 Å². The second-order valence-corrected chi connectivity index (χ2v) is 4.52. The van der Waals surface area contributed by atoms with Crippen LogP contribution in [0.15, 0.2) is 12.4 Å². The van der Waals surface area contributed by atoms with Crippen LogP contribution in [0.1, 0.15) is 13.3 Å². The van der Waals surface area contributed by atoms with Gasteiger partial charge in [0.1, 0.15) is 0 Å². The van der Waals surface area contributed by atoms with Crippen molar-refractivity contribution in [2.24, 2.45) is 0 Å². The average molecular weight is 252 g/mol. The number of carboxylic acids is 1. The van der Waals surface area contributed by atoms with Crippen LogP contribution in [0.25, 0.3) is 0 Å². The number of aliphatic carboxylic acids is 1. The molecule has 1 aliphatic heterocycles. The third kappa shape index (κ3) is 3.01. The van der Waals surface area contributed by atoms with Crippen LogP contribution in [0.3, 0.4) is 0 Å². The Morgan fingerprint density at radius 2 is 2.22 bits per heavy atom. The van der Waals surface area contributed by atoms with E-state index in [-0.39, 0.29) is 6.54 Å². The molecule has 0 atom stereocenters. The fourth-order valence-corrected chi connectivity index (χ4v) is 2.35. The van der Waals surface area contributed by atoms with E-state index < -0.39 is 5.97 Å². The Bertz CT molecular complexity index is 405. The number of aromatic nitrogens is 2. The highest BCUT2D eigenvalue weighted by Gasteiger charge is 2.19. The molecule has 0 spiro atoms. The van der Waals surface area contributed by atoms with Crippen LogP contribution in [0.2, 0.25) is 0 Å². The van der Waals surface area contributed by atoms with Crippen molar-refractivity contribution in [2.75, 3.05) is 37.6 Å². The molecule has 1 saturated heterocycles. The number of imidazole rings is 1. The summed E-state index contributed by atoms with van der Waals surface area (Å²) in [5, 5.41) is 8.82. The lowest BCUT2D eigenvalue weighted by atomic mass is 10.4. The van der Waals surface area contributed by atoms with E-state index in [1.54, 1.807) is 0 Å². The van der Waals surface area contributed by atoms with Gasteiger partial charge in [-0.3, -0.25) is 9.69 Å². The first-order valence-corrected chi connectivity index (χ1v) is 6.41. The summed E-state index contributed by atoms with van der Waals surface area (Å²) < 4.78 is 2.12. The van der Waals surface area contributed by atoms with Crippen LogP contribution in [0, 0.1) is 0 Å². The van der Waals surface area contributed by atoms with Crippen LogP contribution in [-0.2, 0) is 11.3 Å². The Labute approximate surface area is 107 Å². The summed E-state index contributed by atoms with van der Waals surface area (Å²) in [6.07, 6.45) is 4.78. The van der Waals surface area contributed by atoms with E-state index in [0.717, 1.165) is 45.1 Å². The maximum atomic E-state index is 10.7. The molecule has 0 aliphatic carbocycles. The number of hydrogen-bond donors (Lipinski definition) is 1. The Morgan fingerprint density at radius 3 is 2.94 bits per heavy atom. The molecule has 0 saturated carbocycles. The number of hydrogen-bond acceptors (Lipinski definition) is 4. The Kier molecular flexibility index (Phi) is 4.19. The zero-order valence-corrected chi connectivity index (χ0v) is 10.7. The number of aryl methyl sites for hydroxylation is 1. The highest BCUT2D eigenvalue weighted by molar-refractivity contribution is 5.69. The average Bonchev–Trinajstić information content (AvgIpc) is 2.69. The number of carbonyl (C=O) groups is 1. The zero-order chi connectivity index (χ0) is 13.0. The monoisotopic (exact) mass is 252 g/mol. The number of carboxylic acid groups (broad SMARTS) is 1. The summed E-state index contributed by atoms with van der Waals surface area (Å²) in [6.45, 7) is 6.54. The Morgan fingerprint density at radius 1 is 1.39 bits per heavy atom. The summed E-state index contributed by atoms with van der Waals surface area (Å²) in [7, 11) is 0. The highest BCUT2D eigenvalue weighted by atomic mass is 16.4. The van der Waals surface area contributed by atoms with Gasteiger partial charge in [-0.25, -0.2) is 4.98 Å². The molecule has 1 aliphatic rings. The molecule has 0 unspecified atom stereocenters. The molecule has 1 aromatic rings. The summed E-state index contributed by atoms with van der Waals surface area (Å²) >= 11 is 0. The molecule has 6 heteroatoms. The minimum Gasteiger partial charge on any atom is -0.480 e. The van der Waals surface area contributed by atoms with Crippen LogP contribution in [0.5, 0.6) is 0 Å². The van der Waals surface area contributed by atoms with Crippen LogP contribution in [0.4, 0.5) is 5.95 Å². The molecule has 1 N–H and O–H groups in total. The van der Waals surface area contributed by atoms with Gasteiger partial charge in [-0.2, -0.15) is 0 Å². The fraction of sp³-hybridized carbons (Fsp3) is 0.667. The van der Waals surface area contributed by atoms with Crippen molar-refractivity contribution in [3.05, 3.63) is 12.4 Å². The van der Waals surface area contributed by atoms with Crippen molar-refractivity contribution in [2.45, 2.75) is 19.9 Å². The van der Waals surface area contributed by atoms with Crippen molar-refractivity contribution in [3.8, 4) is 0 Å². The zero-order valence-electron chi connectivity index (χ0n) is 10.7. The summed E-state index contributed by atoms with van der Waals surface area (Å²) in [5.41, 5.74) is 0. The van der Waals surface area contributed by atoms with Crippen molar-refractivity contribution in [1.29, 1.82) is 0 Å². The van der Waals surface area contributed by atoms with E-state index in [0.29, 0.717) is 0 Å². The van der Waals surface area contributed by atoms with Crippen molar-refractivity contribution >= 4 is 11.9 Å². The third-order valence-corrected chi connectivity index (χ3v) is 3.26. The van der Waals surface area contributed by atoms with Gasteiger partial charge < -0.3 is 14.6 Å². The first-order valence-electron chi connectivity index (χ1n) is 6.41. The van der Waals surface area contributed by atoms with Gasteiger partial charge >= 0.3 is 5.97 Å². The maximum absolute atomic E-state index is 10.7. The molecule has 2 rings (SSSR count). The number of anilines is 1. The van der Waals surface area contributed by atoms with Crippen LogP contribution < -0.4 is 4.90 Å². The van der Waals surface area contributed by atoms with Gasteiger partial charge in [-0.15, -0.1) is 0 Å². The molecule has 0 bridgehead atoms. The topological polar surface area (TPSA) is 61.6 Å². The molecule has 0 radical (unpaired) electrons. The minimum atomic E-state index is -0.751. The van der Waals surface area contributed by atoms with E-state index >= 15 is 0 Å². The van der Waals surface area contributed by atoms with E-state index in [2.05, 4.69) is 21.4 Å². The highest BCUT2D eigenvalue weighted by Crippen LogP contribution is 2.14.